The van der Waals surface area contributed by atoms with E-state index in [-0.39, 0.29) is 0 Å². The van der Waals surface area contributed by atoms with Gasteiger partial charge in [-0.1, -0.05) is 43.6 Å². The predicted molar refractivity (Wildman–Crippen MR) is 128 cm³/mol. The van der Waals surface area contributed by atoms with Crippen LogP contribution in [-0.4, -0.2) is 25.3 Å². The van der Waals surface area contributed by atoms with Gasteiger partial charge < -0.3 is 4.74 Å². The number of benzene rings is 2. The SMILES string of the molecule is CC.COc1cc2c(cc1C)C(c1ccccc1Cl)=NC(=C(C)C)C=N2.CS. The van der Waals surface area contributed by atoms with E-state index < -0.39 is 0 Å². The Kier molecular flexibility index (Phi) is 10.0. The summed E-state index contributed by atoms with van der Waals surface area (Å²) in [6.07, 6.45) is 3.49. The molecular formula is C23H29ClN2OS. The van der Waals surface area contributed by atoms with Gasteiger partial charge in [0.25, 0.3) is 0 Å². The second-order valence-corrected chi connectivity index (χ2v) is 6.33. The minimum atomic E-state index is 0.672. The molecule has 1 aliphatic heterocycles. The average molecular weight is 417 g/mol. The normalized spacial score (nSPS) is 11.8. The summed E-state index contributed by atoms with van der Waals surface area (Å²) >= 11 is 9.97. The zero-order chi connectivity index (χ0) is 21.3. The third-order valence-corrected chi connectivity index (χ3v) is 4.30. The van der Waals surface area contributed by atoms with Crippen molar-refractivity contribution in [2.24, 2.45) is 9.98 Å². The molecule has 0 spiro atoms. The fraction of sp³-hybridized carbons (Fsp3) is 0.304. The Bertz CT molecular complexity index is 897. The highest BCUT2D eigenvalue weighted by Crippen LogP contribution is 2.34. The lowest BCUT2D eigenvalue weighted by atomic mass is 9.98. The van der Waals surface area contributed by atoms with Crippen molar-refractivity contribution in [3.63, 3.8) is 0 Å². The summed E-state index contributed by atoms with van der Waals surface area (Å²) in [5, 5.41) is 0.672. The van der Waals surface area contributed by atoms with E-state index >= 15 is 0 Å². The molecule has 1 heterocycles. The zero-order valence-electron chi connectivity index (χ0n) is 17.7. The highest BCUT2D eigenvalue weighted by molar-refractivity contribution is 7.79. The van der Waals surface area contributed by atoms with Crippen LogP contribution >= 0.6 is 24.2 Å². The Balaban J connectivity index is 0.000000921. The van der Waals surface area contributed by atoms with Crippen molar-refractivity contribution in [2.75, 3.05) is 13.4 Å². The van der Waals surface area contributed by atoms with E-state index in [1.807, 2.05) is 65.0 Å². The fourth-order valence-electron chi connectivity index (χ4n) is 2.63. The standard InChI is InChI=1S/C20H19ClN2O.C2H6.CH4S/c1-12(2)18-11-22-17-10-19(24-4)13(3)9-15(17)20(23-18)14-7-5-6-8-16(14)21;2*1-2/h5-11H,1-4H3;1-2H3;2H,1H3. The van der Waals surface area contributed by atoms with Gasteiger partial charge in [-0.05, 0) is 50.3 Å². The molecule has 0 fully saturated rings. The monoisotopic (exact) mass is 416 g/mol. The van der Waals surface area contributed by atoms with Crippen LogP contribution in [0.3, 0.4) is 0 Å². The molecule has 28 heavy (non-hydrogen) atoms. The van der Waals surface area contributed by atoms with Crippen LogP contribution in [0.25, 0.3) is 0 Å². The van der Waals surface area contributed by atoms with Gasteiger partial charge in [0.1, 0.15) is 5.75 Å². The number of halogens is 1. The second kappa shape index (κ2) is 11.7. The van der Waals surface area contributed by atoms with Gasteiger partial charge in [-0.2, -0.15) is 12.6 Å². The molecule has 0 aliphatic carbocycles. The first-order valence-electron chi connectivity index (χ1n) is 9.20. The summed E-state index contributed by atoms with van der Waals surface area (Å²) in [4.78, 5) is 9.49. The molecule has 1 aliphatic rings. The third kappa shape index (κ3) is 5.49. The highest BCUT2D eigenvalue weighted by Gasteiger charge is 2.19. The number of aliphatic imine (C=N–C) groups is 2. The van der Waals surface area contributed by atoms with E-state index in [2.05, 4.69) is 23.7 Å². The maximum Gasteiger partial charge on any atom is 0.123 e. The van der Waals surface area contributed by atoms with Gasteiger partial charge in [-0.25, -0.2) is 4.99 Å². The molecule has 0 saturated carbocycles. The minimum Gasteiger partial charge on any atom is -0.496 e. The molecule has 0 N–H and O–H groups in total. The maximum absolute atomic E-state index is 6.44. The summed E-state index contributed by atoms with van der Waals surface area (Å²) < 4.78 is 5.44. The van der Waals surface area contributed by atoms with Gasteiger partial charge in [0.2, 0.25) is 0 Å². The van der Waals surface area contributed by atoms with Gasteiger partial charge >= 0.3 is 0 Å². The number of fused-ring (bicyclic) bond motifs is 1. The van der Waals surface area contributed by atoms with Crippen LogP contribution in [0.1, 0.15) is 44.4 Å². The number of thiol groups is 1. The predicted octanol–water partition coefficient (Wildman–Crippen LogP) is 7.08. The molecule has 0 atom stereocenters. The molecular weight excluding hydrogens is 388 g/mol. The molecule has 3 rings (SSSR count). The number of allylic oxidation sites excluding steroid dienone is 2. The van der Waals surface area contributed by atoms with E-state index in [0.717, 1.165) is 45.1 Å². The summed E-state index contributed by atoms with van der Waals surface area (Å²) in [6.45, 7) is 10.1. The lowest BCUT2D eigenvalue weighted by Gasteiger charge is -2.13. The van der Waals surface area contributed by atoms with Gasteiger partial charge in [0, 0.05) is 22.2 Å². The number of ether oxygens (including phenoxy) is 1. The van der Waals surface area contributed by atoms with Crippen LogP contribution in [0.2, 0.25) is 5.02 Å². The van der Waals surface area contributed by atoms with Crippen molar-refractivity contribution in [1.29, 1.82) is 0 Å². The summed E-state index contributed by atoms with van der Waals surface area (Å²) in [5.74, 6) is 0.810. The molecule has 0 bridgehead atoms. The van der Waals surface area contributed by atoms with Crippen molar-refractivity contribution in [3.05, 3.63) is 69.4 Å². The molecule has 2 aromatic rings. The lowest BCUT2D eigenvalue weighted by Crippen LogP contribution is -2.06. The largest absolute Gasteiger partial charge is 0.496 e. The van der Waals surface area contributed by atoms with E-state index in [1.54, 1.807) is 19.6 Å². The Hall–Kier alpha value is -2.04. The average Bonchev–Trinajstić information content (AvgIpc) is 2.90. The third-order valence-electron chi connectivity index (χ3n) is 3.97. The van der Waals surface area contributed by atoms with Gasteiger partial charge in [0.15, 0.2) is 0 Å². The number of hydrogen-bond donors (Lipinski definition) is 1. The second-order valence-electron chi connectivity index (χ2n) is 5.92. The molecule has 0 radical (unpaired) electrons. The number of rotatable bonds is 2. The fourth-order valence-corrected chi connectivity index (χ4v) is 2.86. The minimum absolute atomic E-state index is 0.672. The quantitative estimate of drug-likeness (QED) is 0.521. The molecule has 0 saturated heterocycles. The van der Waals surface area contributed by atoms with E-state index in [9.17, 15) is 0 Å². The molecule has 2 aromatic carbocycles. The van der Waals surface area contributed by atoms with Crippen LogP contribution in [0, 0.1) is 6.92 Å². The summed E-state index contributed by atoms with van der Waals surface area (Å²) in [5.41, 5.74) is 6.48. The first-order chi connectivity index (χ1) is 13.5. The van der Waals surface area contributed by atoms with Crippen molar-refractivity contribution in [2.45, 2.75) is 34.6 Å². The Labute approximate surface area is 179 Å². The molecule has 150 valence electrons. The molecule has 0 amide bonds. The van der Waals surface area contributed by atoms with Crippen LogP contribution in [0.15, 0.2) is 57.7 Å². The number of hydrogen-bond acceptors (Lipinski definition) is 4. The molecule has 5 heteroatoms. The smallest absolute Gasteiger partial charge is 0.123 e. The van der Waals surface area contributed by atoms with Gasteiger partial charge in [-0.15, -0.1) is 0 Å². The molecule has 3 nitrogen and oxygen atoms in total. The Morgan fingerprint density at radius 3 is 2.25 bits per heavy atom. The topological polar surface area (TPSA) is 34.0 Å². The van der Waals surface area contributed by atoms with E-state index in [4.69, 9.17) is 21.3 Å². The highest BCUT2D eigenvalue weighted by atomic mass is 35.5. The van der Waals surface area contributed by atoms with Crippen LogP contribution in [0.4, 0.5) is 5.69 Å². The van der Waals surface area contributed by atoms with E-state index in [1.165, 1.54) is 0 Å². The summed E-state index contributed by atoms with van der Waals surface area (Å²) in [7, 11) is 1.67. The van der Waals surface area contributed by atoms with Crippen molar-refractivity contribution < 1.29 is 4.74 Å². The van der Waals surface area contributed by atoms with Crippen LogP contribution in [0.5, 0.6) is 5.75 Å². The van der Waals surface area contributed by atoms with Crippen molar-refractivity contribution in [1.82, 2.24) is 0 Å². The van der Waals surface area contributed by atoms with E-state index in [0.29, 0.717) is 5.02 Å². The first-order valence-corrected chi connectivity index (χ1v) is 10.5. The van der Waals surface area contributed by atoms with Crippen LogP contribution in [-0.2, 0) is 0 Å². The zero-order valence-corrected chi connectivity index (χ0v) is 19.3. The Morgan fingerprint density at radius 1 is 1.04 bits per heavy atom. The summed E-state index contributed by atoms with van der Waals surface area (Å²) in [6, 6.07) is 11.8. The number of nitrogens with zero attached hydrogens (tertiary/aromatic N) is 2. The molecule has 0 unspecified atom stereocenters. The first kappa shape index (κ1) is 24.0. The van der Waals surface area contributed by atoms with Crippen molar-refractivity contribution >= 4 is 41.8 Å². The number of aryl methyl sites for hydroxylation is 1. The number of methoxy groups -OCH3 is 1. The molecule has 0 aromatic heterocycles. The van der Waals surface area contributed by atoms with Gasteiger partial charge in [0.05, 0.1) is 30.4 Å². The maximum atomic E-state index is 6.44. The van der Waals surface area contributed by atoms with Crippen LogP contribution < -0.4 is 4.74 Å². The lowest BCUT2D eigenvalue weighted by molar-refractivity contribution is 0.412. The van der Waals surface area contributed by atoms with Crippen molar-refractivity contribution in [3.8, 4) is 5.75 Å². The Morgan fingerprint density at radius 2 is 1.68 bits per heavy atom. The van der Waals surface area contributed by atoms with Gasteiger partial charge in [-0.3, -0.25) is 4.99 Å².